The molecule has 2 saturated heterocycles. The third-order valence-electron chi connectivity index (χ3n) is 8.05. The third kappa shape index (κ3) is 5.02. The second kappa shape index (κ2) is 10.9. The van der Waals surface area contributed by atoms with Crippen LogP contribution in [0.2, 0.25) is 0 Å². The molecular formula is C30H37NO4. The summed E-state index contributed by atoms with van der Waals surface area (Å²) in [4.78, 5) is 28.1. The summed E-state index contributed by atoms with van der Waals surface area (Å²) in [6.07, 6.45) is 7.56. The smallest absolute Gasteiger partial charge is 0.410 e. The maximum Gasteiger partial charge on any atom is 0.410 e. The van der Waals surface area contributed by atoms with Crippen molar-refractivity contribution in [2.24, 2.45) is 5.92 Å². The molecule has 2 aromatic rings. The molecule has 2 bridgehead atoms. The highest BCUT2D eigenvalue weighted by Crippen LogP contribution is 2.44. The molecule has 5 rings (SSSR count). The van der Waals surface area contributed by atoms with Crippen molar-refractivity contribution in [1.29, 1.82) is 0 Å². The van der Waals surface area contributed by atoms with Crippen LogP contribution in [0.15, 0.2) is 48.5 Å². The summed E-state index contributed by atoms with van der Waals surface area (Å²) in [6.45, 7) is 3.50. The van der Waals surface area contributed by atoms with Crippen LogP contribution in [0.4, 0.5) is 4.79 Å². The van der Waals surface area contributed by atoms with Crippen molar-refractivity contribution in [3.05, 3.63) is 59.7 Å². The molecule has 1 amide bonds. The SMILES string of the molecule is CCCCCCCC(=O)C1CC2COCC(C1)N2C(=O)OCC1c2ccccc2-c2ccccc21. The Hall–Kier alpha value is -2.66. The number of amides is 1. The Labute approximate surface area is 208 Å². The second-order valence-corrected chi connectivity index (χ2v) is 10.4. The molecule has 2 aromatic carbocycles. The molecule has 0 spiro atoms. The fourth-order valence-electron chi connectivity index (χ4n) is 6.25. The van der Waals surface area contributed by atoms with E-state index < -0.39 is 0 Å². The van der Waals surface area contributed by atoms with Gasteiger partial charge in [0.15, 0.2) is 0 Å². The standard InChI is InChI=1S/C30H37NO4/c1-2-3-4-5-6-15-29(32)21-16-22-18-34-19-23(17-21)31(22)30(33)35-20-28-26-13-9-7-11-24(26)25-12-8-10-14-27(25)28/h7-14,21-23,28H,2-6,15-20H2,1H3. The van der Waals surface area contributed by atoms with Gasteiger partial charge in [-0.3, -0.25) is 9.69 Å². The Morgan fingerprint density at radius 1 is 0.886 bits per heavy atom. The van der Waals surface area contributed by atoms with Gasteiger partial charge in [0.25, 0.3) is 0 Å². The van der Waals surface area contributed by atoms with Crippen molar-refractivity contribution < 1.29 is 19.1 Å². The minimum Gasteiger partial charge on any atom is -0.448 e. The molecule has 0 aromatic heterocycles. The number of hydrogen-bond acceptors (Lipinski definition) is 4. The van der Waals surface area contributed by atoms with E-state index in [1.54, 1.807) is 0 Å². The first-order valence-electron chi connectivity index (χ1n) is 13.4. The van der Waals surface area contributed by atoms with Crippen LogP contribution < -0.4 is 0 Å². The van der Waals surface area contributed by atoms with Crippen molar-refractivity contribution in [2.75, 3.05) is 19.8 Å². The number of carbonyl (C=O) groups is 2. The maximum absolute atomic E-state index is 13.3. The summed E-state index contributed by atoms with van der Waals surface area (Å²) in [5.41, 5.74) is 4.88. The van der Waals surface area contributed by atoms with Crippen molar-refractivity contribution in [1.82, 2.24) is 4.90 Å². The topological polar surface area (TPSA) is 55.8 Å². The van der Waals surface area contributed by atoms with Gasteiger partial charge in [0.2, 0.25) is 0 Å². The third-order valence-corrected chi connectivity index (χ3v) is 8.05. The summed E-state index contributed by atoms with van der Waals surface area (Å²) >= 11 is 0. The molecule has 186 valence electrons. The fraction of sp³-hybridized carbons (Fsp3) is 0.533. The van der Waals surface area contributed by atoms with E-state index >= 15 is 0 Å². The lowest BCUT2D eigenvalue weighted by atomic mass is 9.81. The Bertz CT molecular complexity index is 991. The van der Waals surface area contributed by atoms with E-state index in [0.717, 1.165) is 12.8 Å². The van der Waals surface area contributed by atoms with Crippen molar-refractivity contribution in [3.63, 3.8) is 0 Å². The van der Waals surface area contributed by atoms with Gasteiger partial charge in [-0.05, 0) is 41.5 Å². The molecule has 2 heterocycles. The second-order valence-electron chi connectivity index (χ2n) is 10.4. The Morgan fingerprint density at radius 2 is 1.49 bits per heavy atom. The molecule has 5 nitrogen and oxygen atoms in total. The number of ether oxygens (including phenoxy) is 2. The summed E-state index contributed by atoms with van der Waals surface area (Å²) in [6, 6.07) is 16.6. The van der Waals surface area contributed by atoms with Gasteiger partial charge in [-0.1, -0.05) is 81.1 Å². The van der Waals surface area contributed by atoms with E-state index in [0.29, 0.717) is 44.9 Å². The number of fused-ring (bicyclic) bond motifs is 5. The van der Waals surface area contributed by atoms with E-state index in [9.17, 15) is 9.59 Å². The van der Waals surface area contributed by atoms with Crippen LogP contribution in [-0.2, 0) is 14.3 Å². The molecule has 0 saturated carbocycles. The number of nitrogens with zero attached hydrogens (tertiary/aromatic N) is 1. The predicted octanol–water partition coefficient (Wildman–Crippen LogP) is 6.34. The maximum atomic E-state index is 13.3. The van der Waals surface area contributed by atoms with Gasteiger partial charge in [-0.15, -0.1) is 0 Å². The highest BCUT2D eigenvalue weighted by atomic mass is 16.6. The Balaban J connectivity index is 1.20. The van der Waals surface area contributed by atoms with E-state index in [-0.39, 0.29) is 30.0 Å². The number of unbranched alkanes of at least 4 members (excludes halogenated alkanes) is 4. The molecule has 2 atom stereocenters. The summed E-state index contributed by atoms with van der Waals surface area (Å²) < 4.78 is 11.7. The lowest BCUT2D eigenvalue weighted by molar-refractivity contribution is -0.131. The minimum atomic E-state index is -0.268. The number of Topliss-reactive ketones (excluding diaryl/α,β-unsaturated/α-hetero) is 1. The van der Waals surface area contributed by atoms with Crippen LogP contribution in [0.25, 0.3) is 11.1 Å². The highest BCUT2D eigenvalue weighted by Gasteiger charge is 2.44. The Kier molecular flexibility index (Phi) is 7.52. The lowest BCUT2D eigenvalue weighted by Gasteiger charge is -2.47. The molecular weight excluding hydrogens is 438 g/mol. The van der Waals surface area contributed by atoms with Crippen LogP contribution in [-0.4, -0.2) is 48.7 Å². The van der Waals surface area contributed by atoms with E-state index in [2.05, 4.69) is 43.3 Å². The van der Waals surface area contributed by atoms with Crippen LogP contribution in [0, 0.1) is 5.92 Å². The molecule has 0 radical (unpaired) electrons. The quantitative estimate of drug-likeness (QED) is 0.397. The average molecular weight is 476 g/mol. The van der Waals surface area contributed by atoms with Crippen molar-refractivity contribution in [3.8, 4) is 11.1 Å². The van der Waals surface area contributed by atoms with E-state index in [1.807, 2.05) is 17.0 Å². The first kappa shape index (κ1) is 24.1. The van der Waals surface area contributed by atoms with Gasteiger partial charge in [0, 0.05) is 18.3 Å². The van der Waals surface area contributed by atoms with Crippen LogP contribution in [0.1, 0.15) is 75.3 Å². The predicted molar refractivity (Wildman–Crippen MR) is 136 cm³/mol. The molecule has 2 unspecified atom stereocenters. The number of hydrogen-bond donors (Lipinski definition) is 0. The highest BCUT2D eigenvalue weighted by molar-refractivity contribution is 5.82. The van der Waals surface area contributed by atoms with Gasteiger partial charge < -0.3 is 9.47 Å². The van der Waals surface area contributed by atoms with Crippen molar-refractivity contribution >= 4 is 11.9 Å². The Morgan fingerprint density at radius 3 is 2.11 bits per heavy atom. The zero-order chi connectivity index (χ0) is 24.2. The fourth-order valence-corrected chi connectivity index (χ4v) is 6.25. The van der Waals surface area contributed by atoms with E-state index in [1.165, 1.54) is 41.5 Å². The summed E-state index contributed by atoms with van der Waals surface area (Å²) in [5, 5.41) is 0. The molecule has 3 aliphatic rings. The van der Waals surface area contributed by atoms with Gasteiger partial charge in [-0.25, -0.2) is 4.79 Å². The lowest BCUT2D eigenvalue weighted by Crippen LogP contribution is -2.60. The normalized spacial score (nSPS) is 23.0. The molecule has 5 heteroatoms. The summed E-state index contributed by atoms with van der Waals surface area (Å²) in [5.74, 6) is 0.456. The van der Waals surface area contributed by atoms with Crippen LogP contribution in [0.5, 0.6) is 0 Å². The number of ketones is 1. The number of rotatable bonds is 9. The monoisotopic (exact) mass is 475 g/mol. The number of morpholine rings is 1. The zero-order valence-electron chi connectivity index (χ0n) is 20.8. The number of carbonyl (C=O) groups excluding carboxylic acids is 2. The van der Waals surface area contributed by atoms with Crippen LogP contribution >= 0.6 is 0 Å². The largest absolute Gasteiger partial charge is 0.448 e. The van der Waals surface area contributed by atoms with Gasteiger partial charge >= 0.3 is 6.09 Å². The molecule has 2 fully saturated rings. The molecule has 35 heavy (non-hydrogen) atoms. The van der Waals surface area contributed by atoms with E-state index in [4.69, 9.17) is 9.47 Å². The van der Waals surface area contributed by atoms with Gasteiger partial charge in [-0.2, -0.15) is 0 Å². The average Bonchev–Trinajstić information content (AvgIpc) is 3.20. The van der Waals surface area contributed by atoms with Crippen LogP contribution in [0.3, 0.4) is 0 Å². The van der Waals surface area contributed by atoms with Crippen molar-refractivity contribution in [2.45, 2.75) is 76.3 Å². The van der Waals surface area contributed by atoms with Gasteiger partial charge in [0.1, 0.15) is 12.4 Å². The molecule has 2 aliphatic heterocycles. The molecule has 1 aliphatic carbocycles. The number of benzene rings is 2. The summed E-state index contributed by atoms with van der Waals surface area (Å²) in [7, 11) is 0. The minimum absolute atomic E-state index is 0.0395. The first-order valence-corrected chi connectivity index (χ1v) is 13.4. The van der Waals surface area contributed by atoms with Gasteiger partial charge in [0.05, 0.1) is 25.3 Å². The number of piperidine rings is 1. The first-order chi connectivity index (χ1) is 17.2. The zero-order valence-corrected chi connectivity index (χ0v) is 20.8. The molecule has 0 N–H and O–H groups in total.